The maximum absolute atomic E-state index is 6.48. The predicted molar refractivity (Wildman–Crippen MR) is 84.9 cm³/mol. The highest BCUT2D eigenvalue weighted by molar-refractivity contribution is 6.30. The van der Waals surface area contributed by atoms with E-state index in [-0.39, 0.29) is 6.04 Å². The fourth-order valence-electron chi connectivity index (χ4n) is 3.09. The van der Waals surface area contributed by atoms with Crippen LogP contribution in [0.15, 0.2) is 24.3 Å². The number of nitrogens with two attached hydrogens (primary N) is 1. The Balaban J connectivity index is 1.86. The number of hydrogen-bond donors (Lipinski definition) is 1. The first kappa shape index (κ1) is 14.4. The molecule has 0 aliphatic heterocycles. The molecule has 3 rings (SSSR count). The van der Waals surface area contributed by atoms with Crippen LogP contribution >= 0.6 is 11.6 Å². The summed E-state index contributed by atoms with van der Waals surface area (Å²) < 4.78 is 0. The van der Waals surface area contributed by atoms with Gasteiger partial charge in [0.15, 0.2) is 0 Å². The van der Waals surface area contributed by atoms with E-state index < -0.39 is 0 Å². The Kier molecular flexibility index (Phi) is 4.34. The molecule has 2 atom stereocenters. The van der Waals surface area contributed by atoms with Crippen molar-refractivity contribution in [1.29, 1.82) is 0 Å². The van der Waals surface area contributed by atoms with E-state index in [1.54, 1.807) is 0 Å². The number of hydrogen-bond acceptors (Lipinski definition) is 2. The van der Waals surface area contributed by atoms with Crippen molar-refractivity contribution in [2.75, 3.05) is 6.54 Å². The maximum atomic E-state index is 6.48. The van der Waals surface area contributed by atoms with Crippen LogP contribution < -0.4 is 5.73 Å². The van der Waals surface area contributed by atoms with Crippen molar-refractivity contribution >= 4 is 11.6 Å². The number of halogens is 1. The molecule has 2 N–H and O–H groups in total. The van der Waals surface area contributed by atoms with E-state index in [2.05, 4.69) is 30.0 Å². The second kappa shape index (κ2) is 6.05. The molecule has 1 aromatic rings. The van der Waals surface area contributed by atoms with Gasteiger partial charge in [0.25, 0.3) is 0 Å². The third-order valence-corrected chi connectivity index (χ3v) is 4.84. The molecule has 2 aliphatic rings. The Labute approximate surface area is 127 Å². The number of benzene rings is 1. The Hall–Kier alpha value is -0.570. The highest BCUT2D eigenvalue weighted by atomic mass is 35.5. The lowest BCUT2D eigenvalue weighted by atomic mass is 9.95. The summed E-state index contributed by atoms with van der Waals surface area (Å²) in [6, 6.07) is 9.55. The predicted octanol–water partition coefficient (Wildman–Crippen LogP) is 3.99. The second-order valence-corrected chi connectivity index (χ2v) is 6.88. The number of nitrogens with zero attached hydrogens (tertiary/aromatic N) is 1. The first-order valence-electron chi connectivity index (χ1n) is 7.95. The molecule has 0 heterocycles. The summed E-state index contributed by atoms with van der Waals surface area (Å²) in [5.74, 6) is 0.904. The largest absolute Gasteiger partial charge is 0.326 e. The van der Waals surface area contributed by atoms with Gasteiger partial charge >= 0.3 is 0 Å². The third-order valence-electron chi connectivity index (χ3n) is 4.61. The summed E-state index contributed by atoms with van der Waals surface area (Å²) in [7, 11) is 0. The molecule has 0 spiro atoms. The lowest BCUT2D eigenvalue weighted by Gasteiger charge is -2.36. The van der Waals surface area contributed by atoms with Gasteiger partial charge in [-0.25, -0.2) is 0 Å². The molecule has 0 amide bonds. The summed E-state index contributed by atoms with van der Waals surface area (Å²) in [4.78, 5) is 2.68. The normalized spacial score (nSPS) is 22.0. The molecular weight excluding hydrogens is 268 g/mol. The van der Waals surface area contributed by atoms with Crippen LogP contribution in [-0.4, -0.2) is 23.5 Å². The molecular formula is C17H25ClN2. The SMILES string of the molecule is CCC(N)C(c1cccc(Cl)c1)N(CC1CC1)C1CC1. The van der Waals surface area contributed by atoms with Crippen molar-refractivity contribution in [2.24, 2.45) is 11.7 Å². The molecule has 3 heteroatoms. The topological polar surface area (TPSA) is 29.3 Å². The van der Waals surface area contributed by atoms with Gasteiger partial charge in [-0.3, -0.25) is 4.90 Å². The van der Waals surface area contributed by atoms with Crippen LogP contribution in [0.4, 0.5) is 0 Å². The van der Waals surface area contributed by atoms with Crippen molar-refractivity contribution in [2.45, 2.75) is 57.2 Å². The smallest absolute Gasteiger partial charge is 0.0502 e. The van der Waals surface area contributed by atoms with Crippen molar-refractivity contribution < 1.29 is 0 Å². The van der Waals surface area contributed by atoms with Gasteiger partial charge in [-0.15, -0.1) is 0 Å². The van der Waals surface area contributed by atoms with Gasteiger partial charge in [-0.05, 0) is 55.7 Å². The van der Waals surface area contributed by atoms with E-state index in [1.165, 1.54) is 37.8 Å². The third kappa shape index (κ3) is 3.36. The average Bonchev–Trinajstić information content (AvgIpc) is 3.30. The van der Waals surface area contributed by atoms with E-state index in [1.807, 2.05) is 6.07 Å². The molecule has 2 fully saturated rings. The average molecular weight is 293 g/mol. The molecule has 2 aliphatic carbocycles. The minimum absolute atomic E-state index is 0.188. The van der Waals surface area contributed by atoms with Gasteiger partial charge in [0, 0.05) is 23.7 Å². The zero-order chi connectivity index (χ0) is 14.1. The van der Waals surface area contributed by atoms with Crippen molar-refractivity contribution in [3.05, 3.63) is 34.9 Å². The minimum Gasteiger partial charge on any atom is -0.326 e. The van der Waals surface area contributed by atoms with Crippen LogP contribution in [-0.2, 0) is 0 Å². The Bertz CT molecular complexity index is 454. The maximum Gasteiger partial charge on any atom is 0.0502 e. The van der Waals surface area contributed by atoms with Crippen LogP contribution in [0.3, 0.4) is 0 Å². The van der Waals surface area contributed by atoms with Gasteiger partial charge in [0.1, 0.15) is 0 Å². The highest BCUT2D eigenvalue weighted by Crippen LogP contribution is 2.41. The lowest BCUT2D eigenvalue weighted by molar-refractivity contribution is 0.152. The molecule has 0 aromatic heterocycles. The quantitative estimate of drug-likeness (QED) is 0.823. The molecule has 2 unspecified atom stereocenters. The highest BCUT2D eigenvalue weighted by Gasteiger charge is 2.39. The zero-order valence-electron chi connectivity index (χ0n) is 12.3. The first-order chi connectivity index (χ1) is 9.69. The standard InChI is InChI=1S/C17H25ClN2/c1-2-16(19)17(13-4-3-5-14(18)10-13)20(15-8-9-15)11-12-6-7-12/h3-5,10,12,15-17H,2,6-9,11,19H2,1H3. The van der Waals surface area contributed by atoms with E-state index in [0.717, 1.165) is 23.4 Å². The van der Waals surface area contributed by atoms with Crippen molar-refractivity contribution in [3.8, 4) is 0 Å². The lowest BCUT2D eigenvalue weighted by Crippen LogP contribution is -2.43. The van der Waals surface area contributed by atoms with E-state index in [9.17, 15) is 0 Å². The molecule has 1 aromatic carbocycles. The molecule has 110 valence electrons. The summed E-state index contributed by atoms with van der Waals surface area (Å²) in [6.07, 6.45) is 6.46. The monoisotopic (exact) mass is 292 g/mol. The summed E-state index contributed by atoms with van der Waals surface area (Å²) in [5, 5.41) is 0.818. The number of rotatable bonds is 7. The Morgan fingerprint density at radius 1 is 1.30 bits per heavy atom. The molecule has 0 saturated heterocycles. The second-order valence-electron chi connectivity index (χ2n) is 6.44. The Morgan fingerprint density at radius 3 is 2.60 bits per heavy atom. The van der Waals surface area contributed by atoms with Gasteiger partial charge in [0.05, 0.1) is 6.04 Å². The van der Waals surface area contributed by atoms with Crippen LogP contribution in [0.2, 0.25) is 5.02 Å². The van der Waals surface area contributed by atoms with Crippen LogP contribution in [0.5, 0.6) is 0 Å². The minimum atomic E-state index is 0.188. The van der Waals surface area contributed by atoms with Crippen molar-refractivity contribution in [3.63, 3.8) is 0 Å². The van der Waals surface area contributed by atoms with Gasteiger partial charge in [-0.2, -0.15) is 0 Å². The van der Waals surface area contributed by atoms with Crippen molar-refractivity contribution in [1.82, 2.24) is 4.90 Å². The summed E-state index contributed by atoms with van der Waals surface area (Å²) in [6.45, 7) is 3.40. The van der Waals surface area contributed by atoms with E-state index in [0.29, 0.717) is 6.04 Å². The Morgan fingerprint density at radius 2 is 2.05 bits per heavy atom. The summed E-state index contributed by atoms with van der Waals surface area (Å²) in [5.41, 5.74) is 7.77. The van der Waals surface area contributed by atoms with Gasteiger partial charge in [0.2, 0.25) is 0 Å². The molecule has 0 bridgehead atoms. The fraction of sp³-hybridized carbons (Fsp3) is 0.647. The van der Waals surface area contributed by atoms with Crippen LogP contribution in [0, 0.1) is 5.92 Å². The van der Waals surface area contributed by atoms with E-state index in [4.69, 9.17) is 17.3 Å². The molecule has 20 heavy (non-hydrogen) atoms. The molecule has 2 nitrogen and oxygen atoms in total. The van der Waals surface area contributed by atoms with Gasteiger partial charge in [-0.1, -0.05) is 30.7 Å². The molecule has 0 radical (unpaired) electrons. The zero-order valence-corrected chi connectivity index (χ0v) is 13.0. The van der Waals surface area contributed by atoms with Crippen LogP contribution in [0.1, 0.15) is 50.6 Å². The van der Waals surface area contributed by atoms with E-state index >= 15 is 0 Å². The first-order valence-corrected chi connectivity index (χ1v) is 8.33. The van der Waals surface area contributed by atoms with Gasteiger partial charge < -0.3 is 5.73 Å². The fourth-order valence-corrected chi connectivity index (χ4v) is 3.29. The van der Waals surface area contributed by atoms with Crippen LogP contribution in [0.25, 0.3) is 0 Å². The molecule has 2 saturated carbocycles. The summed E-state index contributed by atoms with van der Waals surface area (Å²) >= 11 is 6.20.